The molecule has 0 spiro atoms. The monoisotopic (exact) mass is 143 g/mol. The van der Waals surface area contributed by atoms with Gasteiger partial charge in [-0.1, -0.05) is 17.7 Å². The van der Waals surface area contributed by atoms with E-state index in [9.17, 15) is 0 Å². The SMILES string of the molecule is COC1=CC[CH]C=C1Cl. The van der Waals surface area contributed by atoms with Crippen molar-refractivity contribution in [3.05, 3.63) is 29.4 Å². The van der Waals surface area contributed by atoms with Crippen molar-refractivity contribution in [2.75, 3.05) is 7.11 Å². The first kappa shape index (κ1) is 6.69. The van der Waals surface area contributed by atoms with Crippen molar-refractivity contribution >= 4 is 11.6 Å². The van der Waals surface area contributed by atoms with Crippen LogP contribution in [0.25, 0.3) is 0 Å². The van der Waals surface area contributed by atoms with Crippen molar-refractivity contribution < 1.29 is 4.74 Å². The van der Waals surface area contributed by atoms with E-state index in [1.807, 2.05) is 18.6 Å². The van der Waals surface area contributed by atoms with Crippen molar-refractivity contribution in [2.45, 2.75) is 6.42 Å². The summed E-state index contributed by atoms with van der Waals surface area (Å²) < 4.78 is 4.94. The van der Waals surface area contributed by atoms with Crippen molar-refractivity contribution in [1.29, 1.82) is 0 Å². The van der Waals surface area contributed by atoms with Gasteiger partial charge in [0.1, 0.15) is 5.76 Å². The summed E-state index contributed by atoms with van der Waals surface area (Å²) in [5.41, 5.74) is 0. The van der Waals surface area contributed by atoms with Gasteiger partial charge in [-0.05, 0) is 18.9 Å². The fraction of sp³-hybridized carbons (Fsp3) is 0.286. The Morgan fingerprint density at radius 3 is 2.89 bits per heavy atom. The van der Waals surface area contributed by atoms with Gasteiger partial charge in [-0.3, -0.25) is 0 Å². The third-order valence-corrected chi connectivity index (χ3v) is 1.47. The van der Waals surface area contributed by atoms with Crippen molar-refractivity contribution in [2.24, 2.45) is 0 Å². The first-order valence-electron chi connectivity index (χ1n) is 2.78. The van der Waals surface area contributed by atoms with Gasteiger partial charge in [0.25, 0.3) is 0 Å². The molecule has 0 amide bonds. The number of methoxy groups -OCH3 is 1. The zero-order valence-corrected chi connectivity index (χ0v) is 5.98. The molecule has 0 N–H and O–H groups in total. The average Bonchev–Trinajstić information content (AvgIpc) is 1.89. The van der Waals surface area contributed by atoms with Gasteiger partial charge in [0, 0.05) is 0 Å². The van der Waals surface area contributed by atoms with Gasteiger partial charge in [-0.15, -0.1) is 0 Å². The summed E-state index contributed by atoms with van der Waals surface area (Å²) in [7, 11) is 1.62. The van der Waals surface area contributed by atoms with Gasteiger partial charge >= 0.3 is 0 Å². The van der Waals surface area contributed by atoms with Crippen LogP contribution in [0.3, 0.4) is 0 Å². The van der Waals surface area contributed by atoms with Crippen LogP contribution in [0, 0.1) is 6.42 Å². The molecule has 0 unspecified atom stereocenters. The molecule has 0 aromatic rings. The minimum absolute atomic E-state index is 0.684. The molecule has 0 heterocycles. The van der Waals surface area contributed by atoms with E-state index < -0.39 is 0 Å². The Morgan fingerprint density at radius 1 is 1.67 bits per heavy atom. The van der Waals surface area contributed by atoms with Gasteiger partial charge in [0.05, 0.1) is 12.1 Å². The summed E-state index contributed by atoms with van der Waals surface area (Å²) >= 11 is 5.72. The Hall–Kier alpha value is -0.430. The van der Waals surface area contributed by atoms with E-state index in [-0.39, 0.29) is 0 Å². The summed E-state index contributed by atoms with van der Waals surface area (Å²) in [6, 6.07) is 0. The van der Waals surface area contributed by atoms with Crippen LogP contribution in [-0.2, 0) is 4.74 Å². The first-order chi connectivity index (χ1) is 4.34. The van der Waals surface area contributed by atoms with Gasteiger partial charge in [-0.25, -0.2) is 0 Å². The lowest BCUT2D eigenvalue weighted by Gasteiger charge is -2.07. The highest BCUT2D eigenvalue weighted by Crippen LogP contribution is 2.21. The molecule has 0 aliphatic heterocycles. The molecule has 0 aromatic carbocycles. The molecule has 9 heavy (non-hydrogen) atoms. The van der Waals surface area contributed by atoms with Gasteiger partial charge < -0.3 is 4.74 Å². The Balaban J connectivity index is 2.68. The topological polar surface area (TPSA) is 9.23 Å². The maximum absolute atomic E-state index is 5.72. The number of rotatable bonds is 1. The Bertz CT molecular complexity index is 158. The number of hydrogen-bond acceptors (Lipinski definition) is 1. The van der Waals surface area contributed by atoms with Crippen LogP contribution in [-0.4, -0.2) is 7.11 Å². The standard InChI is InChI=1S/C7H8ClO/c1-9-7-5-3-2-4-6(7)8/h2,4-5H,3H2,1H3. The van der Waals surface area contributed by atoms with Crippen LogP contribution in [0.2, 0.25) is 0 Å². The van der Waals surface area contributed by atoms with Crippen LogP contribution in [0.1, 0.15) is 6.42 Å². The molecule has 0 bridgehead atoms. The molecule has 0 fully saturated rings. The van der Waals surface area contributed by atoms with Gasteiger partial charge in [0.2, 0.25) is 0 Å². The quantitative estimate of drug-likeness (QED) is 0.547. The fourth-order valence-corrected chi connectivity index (χ4v) is 0.950. The minimum Gasteiger partial charge on any atom is -0.496 e. The third-order valence-electron chi connectivity index (χ3n) is 1.16. The number of halogens is 1. The fourth-order valence-electron chi connectivity index (χ4n) is 0.707. The molecule has 1 radical (unpaired) electrons. The highest BCUT2D eigenvalue weighted by atomic mass is 35.5. The number of hydrogen-bond donors (Lipinski definition) is 0. The molecule has 0 saturated carbocycles. The van der Waals surface area contributed by atoms with E-state index >= 15 is 0 Å². The highest BCUT2D eigenvalue weighted by Gasteiger charge is 2.04. The van der Waals surface area contributed by atoms with Crippen LogP contribution >= 0.6 is 11.6 Å². The molecule has 2 heteroatoms. The second-order valence-corrected chi connectivity index (χ2v) is 2.17. The number of allylic oxidation sites excluding steroid dienone is 3. The second-order valence-electron chi connectivity index (χ2n) is 1.76. The van der Waals surface area contributed by atoms with Gasteiger partial charge in [-0.2, -0.15) is 0 Å². The maximum atomic E-state index is 5.72. The normalized spacial score (nSPS) is 18.4. The lowest BCUT2D eigenvalue weighted by atomic mass is 10.2. The van der Waals surface area contributed by atoms with E-state index in [2.05, 4.69) is 0 Å². The van der Waals surface area contributed by atoms with E-state index in [0.29, 0.717) is 5.03 Å². The maximum Gasteiger partial charge on any atom is 0.133 e. The molecule has 0 atom stereocenters. The lowest BCUT2D eigenvalue weighted by Crippen LogP contribution is -1.91. The smallest absolute Gasteiger partial charge is 0.133 e. The second kappa shape index (κ2) is 2.92. The zero-order valence-electron chi connectivity index (χ0n) is 5.23. The lowest BCUT2D eigenvalue weighted by molar-refractivity contribution is 0.302. The van der Waals surface area contributed by atoms with Crippen LogP contribution < -0.4 is 0 Å². The van der Waals surface area contributed by atoms with E-state index in [1.54, 1.807) is 7.11 Å². The molecule has 1 aliphatic carbocycles. The Morgan fingerprint density at radius 2 is 2.44 bits per heavy atom. The molecule has 1 nitrogen and oxygen atoms in total. The molecule has 0 saturated heterocycles. The van der Waals surface area contributed by atoms with Crippen LogP contribution in [0.5, 0.6) is 0 Å². The summed E-state index contributed by atoms with van der Waals surface area (Å²) in [5.74, 6) is 0.777. The van der Waals surface area contributed by atoms with Crippen molar-refractivity contribution in [3.8, 4) is 0 Å². The number of ether oxygens (including phenoxy) is 1. The third kappa shape index (κ3) is 1.49. The molecular formula is C7H8ClO. The van der Waals surface area contributed by atoms with E-state index in [0.717, 1.165) is 12.2 Å². The first-order valence-corrected chi connectivity index (χ1v) is 3.16. The summed E-state index contributed by atoms with van der Waals surface area (Å²) in [4.78, 5) is 0. The predicted molar refractivity (Wildman–Crippen MR) is 37.9 cm³/mol. The van der Waals surface area contributed by atoms with Gasteiger partial charge in [0.15, 0.2) is 0 Å². The largest absolute Gasteiger partial charge is 0.496 e. The highest BCUT2D eigenvalue weighted by molar-refractivity contribution is 6.31. The molecule has 1 aliphatic rings. The summed E-state index contributed by atoms with van der Waals surface area (Å²) in [5, 5.41) is 0.684. The average molecular weight is 144 g/mol. The zero-order chi connectivity index (χ0) is 6.69. The van der Waals surface area contributed by atoms with E-state index in [4.69, 9.17) is 16.3 Å². The molecule has 1 rings (SSSR count). The van der Waals surface area contributed by atoms with Crippen LogP contribution in [0.15, 0.2) is 22.9 Å². The molecule has 0 aromatic heterocycles. The van der Waals surface area contributed by atoms with Crippen molar-refractivity contribution in [3.63, 3.8) is 0 Å². The summed E-state index contributed by atoms with van der Waals surface area (Å²) in [6.07, 6.45) is 6.70. The Kier molecular flexibility index (Phi) is 2.17. The molecular weight excluding hydrogens is 136 g/mol. The van der Waals surface area contributed by atoms with Crippen LogP contribution in [0.4, 0.5) is 0 Å². The molecule has 49 valence electrons. The van der Waals surface area contributed by atoms with Crippen molar-refractivity contribution in [1.82, 2.24) is 0 Å². The van der Waals surface area contributed by atoms with E-state index in [1.165, 1.54) is 0 Å². The predicted octanol–water partition coefficient (Wildman–Crippen LogP) is 2.25. The minimum atomic E-state index is 0.684. The summed E-state index contributed by atoms with van der Waals surface area (Å²) in [6.45, 7) is 0. The Labute approximate surface area is 60.0 Å².